The predicted octanol–water partition coefficient (Wildman–Crippen LogP) is 14.2. The molecule has 6 saturated heterocycles. The Hall–Kier alpha value is -0.240. The van der Waals surface area contributed by atoms with Crippen molar-refractivity contribution in [2.75, 3.05) is 78.5 Å². The van der Waals surface area contributed by atoms with Gasteiger partial charge in [-0.2, -0.15) is 0 Å². The standard InChI is InChI=1S/2C11H23N.2C10H21N.2C9H19N/c2*1-9(2)11-5-7-12(8-6-11)10(3)4;2*1-8(2)10-5-6-11(7-10)9(3)4;2*1-7(2)9-5-10(6-9)8(3)4/h2*9-11H,5-8H2,1-4H3;2*8-10H,5-7H2,1-4H3;2*7-9H,5-6H2,1-4H3. The van der Waals surface area contributed by atoms with Gasteiger partial charge < -0.3 is 29.4 Å². The molecule has 0 radical (unpaired) electrons. The summed E-state index contributed by atoms with van der Waals surface area (Å²) in [6.07, 6.45) is 8.48. The van der Waals surface area contributed by atoms with Crippen molar-refractivity contribution in [1.82, 2.24) is 29.4 Å². The van der Waals surface area contributed by atoms with Crippen molar-refractivity contribution in [1.29, 1.82) is 0 Å². The zero-order chi connectivity index (χ0) is 50.6. The fourth-order valence-corrected chi connectivity index (χ4v) is 10.6. The molecule has 2 unspecified atom stereocenters. The highest BCUT2D eigenvalue weighted by atomic mass is 15.2. The van der Waals surface area contributed by atoms with Gasteiger partial charge in [0.05, 0.1) is 0 Å². The molecular formula is C60H126N6. The molecule has 66 heavy (non-hydrogen) atoms. The lowest BCUT2D eigenvalue weighted by atomic mass is 9.86. The largest absolute Gasteiger partial charge is 0.301 e. The molecule has 6 aliphatic rings. The van der Waals surface area contributed by atoms with Crippen molar-refractivity contribution in [2.24, 2.45) is 71.0 Å². The second-order valence-electron chi connectivity index (χ2n) is 26.3. The minimum absolute atomic E-state index is 0.748. The quantitative estimate of drug-likeness (QED) is 0.193. The molecule has 6 heterocycles. The van der Waals surface area contributed by atoms with Crippen molar-refractivity contribution >= 4 is 0 Å². The second-order valence-corrected chi connectivity index (χ2v) is 26.3. The van der Waals surface area contributed by atoms with Crippen LogP contribution in [0.4, 0.5) is 0 Å². The fourth-order valence-electron chi connectivity index (χ4n) is 10.6. The first-order chi connectivity index (χ1) is 30.7. The summed E-state index contributed by atoms with van der Waals surface area (Å²) in [5.74, 6) is 11.1. The average Bonchev–Trinajstić information content (AvgIpc) is 3.90. The van der Waals surface area contributed by atoms with Crippen LogP contribution < -0.4 is 0 Å². The first kappa shape index (κ1) is 63.8. The van der Waals surface area contributed by atoms with E-state index in [0.29, 0.717) is 0 Å². The summed E-state index contributed by atoms with van der Waals surface area (Å²) in [5, 5.41) is 0. The number of rotatable bonds is 12. The Morgan fingerprint density at radius 1 is 0.197 bits per heavy atom. The molecule has 0 aromatic carbocycles. The maximum absolute atomic E-state index is 2.60. The number of likely N-dealkylation sites (tertiary alicyclic amines) is 6. The van der Waals surface area contributed by atoms with Crippen molar-refractivity contribution in [3.05, 3.63) is 0 Å². The molecule has 6 nitrogen and oxygen atoms in total. The number of nitrogens with zero attached hydrogens (tertiary/aromatic N) is 6. The lowest BCUT2D eigenvalue weighted by Crippen LogP contribution is -2.51. The molecule has 0 aliphatic carbocycles. The van der Waals surface area contributed by atoms with Crippen LogP contribution in [0.15, 0.2) is 0 Å². The van der Waals surface area contributed by atoms with Crippen LogP contribution in [0.3, 0.4) is 0 Å². The summed E-state index contributed by atoms with van der Waals surface area (Å²) in [5.41, 5.74) is 0. The molecule has 0 spiro atoms. The van der Waals surface area contributed by atoms with Crippen LogP contribution in [0.25, 0.3) is 0 Å². The normalized spacial score (nSPS) is 24.0. The van der Waals surface area contributed by atoms with E-state index >= 15 is 0 Å². The summed E-state index contributed by atoms with van der Waals surface area (Å²) >= 11 is 0. The molecule has 6 heteroatoms. The number of hydrogen-bond acceptors (Lipinski definition) is 6. The highest BCUT2D eigenvalue weighted by Gasteiger charge is 2.32. The fraction of sp³-hybridized carbons (Fsp3) is 1.00. The van der Waals surface area contributed by atoms with Crippen LogP contribution in [-0.4, -0.2) is 144 Å². The highest BCUT2D eigenvalue weighted by molar-refractivity contribution is 4.85. The molecule has 0 N–H and O–H groups in total. The molecular weight excluding hydrogens is 805 g/mol. The molecule has 0 saturated carbocycles. The summed E-state index contributed by atoms with van der Waals surface area (Å²) in [7, 11) is 0. The lowest BCUT2D eigenvalue weighted by molar-refractivity contribution is 0.0408. The summed E-state index contributed by atoms with van der Waals surface area (Å²) < 4.78 is 0. The van der Waals surface area contributed by atoms with Gasteiger partial charge in [0.15, 0.2) is 0 Å². The van der Waals surface area contributed by atoms with E-state index in [1.807, 2.05) is 0 Å². The Morgan fingerprint density at radius 3 is 0.515 bits per heavy atom. The van der Waals surface area contributed by atoms with Gasteiger partial charge in [0.25, 0.3) is 0 Å². The van der Waals surface area contributed by atoms with E-state index in [-0.39, 0.29) is 0 Å². The Bertz CT molecular complexity index is 972. The van der Waals surface area contributed by atoms with Gasteiger partial charge in [-0.15, -0.1) is 0 Å². The monoisotopic (exact) mass is 931 g/mol. The van der Waals surface area contributed by atoms with Crippen LogP contribution in [0.5, 0.6) is 0 Å². The van der Waals surface area contributed by atoms with Crippen LogP contribution in [0, 0.1) is 71.0 Å². The number of piperidine rings is 2. The molecule has 6 aliphatic heterocycles. The third-order valence-corrected chi connectivity index (χ3v) is 17.6. The molecule has 6 fully saturated rings. The minimum Gasteiger partial charge on any atom is -0.301 e. The average molecular weight is 932 g/mol. The first-order valence-electron chi connectivity index (χ1n) is 29.1. The third-order valence-electron chi connectivity index (χ3n) is 17.6. The second kappa shape index (κ2) is 32.7. The van der Waals surface area contributed by atoms with E-state index < -0.39 is 0 Å². The van der Waals surface area contributed by atoms with Crippen molar-refractivity contribution < 1.29 is 0 Å². The van der Waals surface area contributed by atoms with Gasteiger partial charge in [0, 0.05) is 75.5 Å². The van der Waals surface area contributed by atoms with Crippen molar-refractivity contribution in [2.45, 2.75) is 241 Å². The lowest BCUT2D eigenvalue weighted by Gasteiger charge is -2.44. The Morgan fingerprint density at radius 2 is 0.364 bits per heavy atom. The van der Waals surface area contributed by atoms with E-state index in [0.717, 1.165) is 107 Å². The van der Waals surface area contributed by atoms with E-state index in [4.69, 9.17) is 0 Å². The van der Waals surface area contributed by atoms with Gasteiger partial charge in [-0.05, 0) is 232 Å². The molecule has 0 bridgehead atoms. The van der Waals surface area contributed by atoms with Gasteiger partial charge in [0.2, 0.25) is 0 Å². The van der Waals surface area contributed by atoms with Crippen LogP contribution >= 0.6 is 0 Å². The van der Waals surface area contributed by atoms with Crippen molar-refractivity contribution in [3.63, 3.8) is 0 Å². The SMILES string of the molecule is CC(C)C1CCN(C(C)C)C1.CC(C)C1CCN(C(C)C)C1.CC(C)C1CCN(C(C)C)CC1.CC(C)C1CCN(C(C)C)CC1.CC(C)C1CN(C(C)C)C1.CC(C)C1CN(C(C)C)C1. The van der Waals surface area contributed by atoms with E-state index in [9.17, 15) is 0 Å². The summed E-state index contributed by atoms with van der Waals surface area (Å²) in [6.45, 7) is 71.5. The van der Waals surface area contributed by atoms with E-state index in [1.165, 1.54) is 117 Å². The van der Waals surface area contributed by atoms with Gasteiger partial charge >= 0.3 is 0 Å². The topological polar surface area (TPSA) is 19.4 Å². The number of hydrogen-bond donors (Lipinski definition) is 0. The van der Waals surface area contributed by atoms with Gasteiger partial charge in [0.1, 0.15) is 0 Å². The van der Waals surface area contributed by atoms with Gasteiger partial charge in [-0.1, -0.05) is 83.1 Å². The highest BCUT2D eigenvalue weighted by Crippen LogP contribution is 2.29. The van der Waals surface area contributed by atoms with Crippen LogP contribution in [-0.2, 0) is 0 Å². The van der Waals surface area contributed by atoms with E-state index in [2.05, 4.69) is 196 Å². The third kappa shape index (κ3) is 24.3. The molecule has 396 valence electrons. The Labute approximate surface area is 418 Å². The van der Waals surface area contributed by atoms with Gasteiger partial charge in [-0.3, -0.25) is 0 Å². The zero-order valence-electron chi connectivity index (χ0n) is 49.8. The Kier molecular flexibility index (Phi) is 31.6. The molecule has 0 aromatic rings. The zero-order valence-corrected chi connectivity index (χ0v) is 49.8. The van der Waals surface area contributed by atoms with E-state index in [1.54, 1.807) is 0 Å². The maximum atomic E-state index is 2.60. The van der Waals surface area contributed by atoms with Crippen molar-refractivity contribution in [3.8, 4) is 0 Å². The minimum atomic E-state index is 0.748. The molecule has 2 atom stereocenters. The summed E-state index contributed by atoms with van der Waals surface area (Å²) in [4.78, 5) is 15.4. The smallest absolute Gasteiger partial charge is 0.00388 e. The maximum Gasteiger partial charge on any atom is 0.00388 e. The summed E-state index contributed by atoms with van der Waals surface area (Å²) in [6, 6.07) is 4.51. The first-order valence-corrected chi connectivity index (χ1v) is 29.1. The molecule has 0 aromatic heterocycles. The van der Waals surface area contributed by atoms with Crippen LogP contribution in [0.1, 0.15) is 205 Å². The van der Waals surface area contributed by atoms with Gasteiger partial charge in [-0.25, -0.2) is 0 Å². The predicted molar refractivity (Wildman–Crippen MR) is 298 cm³/mol. The van der Waals surface area contributed by atoms with Crippen LogP contribution in [0.2, 0.25) is 0 Å². The Balaban J connectivity index is 0.000000397. The molecule has 6 rings (SSSR count). The molecule has 0 amide bonds.